The van der Waals surface area contributed by atoms with Gasteiger partial charge in [-0.05, 0) is 37.1 Å². The molecular formula is C13H16BrNO2. The molecule has 0 bridgehead atoms. The minimum Gasteiger partial charge on any atom is -0.481 e. The predicted molar refractivity (Wildman–Crippen MR) is 69.8 cm³/mol. The van der Waals surface area contributed by atoms with E-state index in [1.54, 1.807) is 0 Å². The second-order valence-corrected chi connectivity index (χ2v) is 5.46. The van der Waals surface area contributed by atoms with E-state index in [-0.39, 0.29) is 5.92 Å². The average molecular weight is 298 g/mol. The lowest BCUT2D eigenvalue weighted by Crippen LogP contribution is -2.38. The summed E-state index contributed by atoms with van der Waals surface area (Å²) in [6, 6.07) is 8.18. The molecule has 1 atom stereocenters. The molecule has 0 spiro atoms. The minimum atomic E-state index is -0.663. The number of aliphatic carboxylic acids is 1. The molecule has 4 heteroatoms. The molecule has 2 rings (SSSR count). The van der Waals surface area contributed by atoms with E-state index in [4.69, 9.17) is 5.11 Å². The lowest BCUT2D eigenvalue weighted by molar-refractivity contribution is -0.143. The number of benzene rings is 1. The fourth-order valence-corrected chi connectivity index (χ4v) is 2.74. The van der Waals surface area contributed by atoms with Crippen molar-refractivity contribution in [1.82, 2.24) is 4.90 Å². The highest BCUT2D eigenvalue weighted by Gasteiger charge is 2.25. The number of piperidine rings is 1. The Balaban J connectivity index is 1.97. The maximum Gasteiger partial charge on any atom is 0.307 e. The van der Waals surface area contributed by atoms with Crippen LogP contribution in [0.4, 0.5) is 0 Å². The standard InChI is InChI=1S/C13H16BrNO2/c14-12-5-1-3-10(7-12)8-15-6-2-4-11(9-15)13(16)17/h1,3,5,7,11H,2,4,6,8-9H2,(H,16,17). The summed E-state index contributed by atoms with van der Waals surface area (Å²) in [6.07, 6.45) is 1.79. The van der Waals surface area contributed by atoms with E-state index in [0.717, 1.165) is 30.4 Å². The maximum atomic E-state index is 11.0. The van der Waals surface area contributed by atoms with Crippen molar-refractivity contribution >= 4 is 21.9 Å². The fourth-order valence-electron chi connectivity index (χ4n) is 2.29. The van der Waals surface area contributed by atoms with Crippen LogP contribution in [0, 0.1) is 5.92 Å². The van der Waals surface area contributed by atoms with Crippen LogP contribution in [0.2, 0.25) is 0 Å². The van der Waals surface area contributed by atoms with E-state index in [1.807, 2.05) is 12.1 Å². The highest BCUT2D eigenvalue weighted by Crippen LogP contribution is 2.20. The molecule has 0 aliphatic carbocycles. The molecule has 1 aliphatic heterocycles. The van der Waals surface area contributed by atoms with Gasteiger partial charge in [-0.25, -0.2) is 0 Å². The first-order chi connectivity index (χ1) is 8.15. The SMILES string of the molecule is O=C(O)C1CCCN(Cc2cccc(Br)c2)C1. The maximum absolute atomic E-state index is 11.0. The summed E-state index contributed by atoms with van der Waals surface area (Å²) in [5, 5.41) is 9.03. The number of carboxylic acids is 1. The van der Waals surface area contributed by atoms with Gasteiger partial charge in [0, 0.05) is 17.6 Å². The molecule has 1 saturated heterocycles. The van der Waals surface area contributed by atoms with Gasteiger partial charge in [0.15, 0.2) is 0 Å². The number of hydrogen-bond acceptors (Lipinski definition) is 2. The van der Waals surface area contributed by atoms with E-state index in [9.17, 15) is 4.79 Å². The zero-order chi connectivity index (χ0) is 12.3. The third kappa shape index (κ3) is 3.54. The van der Waals surface area contributed by atoms with Crippen LogP contribution in [-0.2, 0) is 11.3 Å². The number of rotatable bonds is 3. The normalized spacial score (nSPS) is 21.4. The van der Waals surface area contributed by atoms with Crippen LogP contribution in [0.25, 0.3) is 0 Å². The van der Waals surface area contributed by atoms with E-state index in [0.29, 0.717) is 6.54 Å². The summed E-state index contributed by atoms with van der Waals surface area (Å²) in [6.45, 7) is 2.50. The number of hydrogen-bond donors (Lipinski definition) is 1. The van der Waals surface area contributed by atoms with Crippen molar-refractivity contribution in [3.8, 4) is 0 Å². The number of carboxylic acid groups (broad SMARTS) is 1. The van der Waals surface area contributed by atoms with E-state index >= 15 is 0 Å². The van der Waals surface area contributed by atoms with Crippen molar-refractivity contribution in [3.63, 3.8) is 0 Å². The second-order valence-electron chi connectivity index (χ2n) is 4.54. The van der Waals surface area contributed by atoms with Gasteiger partial charge in [0.05, 0.1) is 5.92 Å². The number of nitrogens with zero attached hydrogens (tertiary/aromatic N) is 1. The first kappa shape index (κ1) is 12.6. The van der Waals surface area contributed by atoms with Crippen LogP contribution in [0.5, 0.6) is 0 Å². The molecule has 92 valence electrons. The van der Waals surface area contributed by atoms with Gasteiger partial charge in [-0.3, -0.25) is 9.69 Å². The first-order valence-corrected chi connectivity index (χ1v) is 6.64. The van der Waals surface area contributed by atoms with Gasteiger partial charge in [0.2, 0.25) is 0 Å². The summed E-state index contributed by atoms with van der Waals surface area (Å²) >= 11 is 3.45. The Morgan fingerprint density at radius 3 is 3.06 bits per heavy atom. The fraction of sp³-hybridized carbons (Fsp3) is 0.462. The van der Waals surface area contributed by atoms with E-state index in [2.05, 4.69) is 33.0 Å². The Kier molecular flexibility index (Phi) is 4.18. The molecule has 1 heterocycles. The third-order valence-corrected chi connectivity index (χ3v) is 3.64. The van der Waals surface area contributed by atoms with Crippen molar-refractivity contribution < 1.29 is 9.90 Å². The van der Waals surface area contributed by atoms with Crippen LogP contribution in [-0.4, -0.2) is 29.1 Å². The van der Waals surface area contributed by atoms with Crippen molar-refractivity contribution in [2.45, 2.75) is 19.4 Å². The monoisotopic (exact) mass is 297 g/mol. The molecule has 1 N–H and O–H groups in total. The third-order valence-electron chi connectivity index (χ3n) is 3.15. The summed E-state index contributed by atoms with van der Waals surface area (Å²) < 4.78 is 1.07. The quantitative estimate of drug-likeness (QED) is 0.933. The Labute approximate surface area is 110 Å². The lowest BCUT2D eigenvalue weighted by Gasteiger charge is -2.30. The van der Waals surface area contributed by atoms with Crippen LogP contribution in [0.3, 0.4) is 0 Å². The second kappa shape index (κ2) is 5.65. The van der Waals surface area contributed by atoms with Crippen molar-refractivity contribution in [3.05, 3.63) is 34.3 Å². The molecule has 1 aromatic rings. The summed E-state index contributed by atoms with van der Waals surface area (Å²) in [7, 11) is 0. The van der Waals surface area contributed by atoms with Crippen molar-refractivity contribution in [2.75, 3.05) is 13.1 Å². The van der Waals surface area contributed by atoms with E-state index < -0.39 is 5.97 Å². The smallest absolute Gasteiger partial charge is 0.307 e. The van der Waals surface area contributed by atoms with Crippen LogP contribution in [0.1, 0.15) is 18.4 Å². The van der Waals surface area contributed by atoms with Gasteiger partial charge in [-0.15, -0.1) is 0 Å². The summed E-state index contributed by atoms with van der Waals surface area (Å²) in [5.74, 6) is -0.861. The van der Waals surface area contributed by atoms with Crippen molar-refractivity contribution in [1.29, 1.82) is 0 Å². The molecule has 1 aromatic carbocycles. The summed E-state index contributed by atoms with van der Waals surface area (Å²) in [4.78, 5) is 13.2. The Hall–Kier alpha value is -0.870. The molecule has 0 aromatic heterocycles. The largest absolute Gasteiger partial charge is 0.481 e. The number of carbonyl (C=O) groups is 1. The molecule has 1 unspecified atom stereocenters. The molecular weight excluding hydrogens is 282 g/mol. The molecule has 0 saturated carbocycles. The minimum absolute atomic E-state index is 0.198. The molecule has 17 heavy (non-hydrogen) atoms. The zero-order valence-electron chi connectivity index (χ0n) is 9.60. The molecule has 3 nitrogen and oxygen atoms in total. The average Bonchev–Trinajstić information content (AvgIpc) is 2.29. The molecule has 1 fully saturated rings. The topological polar surface area (TPSA) is 40.5 Å². The van der Waals surface area contributed by atoms with E-state index in [1.165, 1.54) is 5.56 Å². The highest BCUT2D eigenvalue weighted by molar-refractivity contribution is 9.10. The van der Waals surface area contributed by atoms with Crippen LogP contribution < -0.4 is 0 Å². The van der Waals surface area contributed by atoms with Crippen LogP contribution in [0.15, 0.2) is 28.7 Å². The van der Waals surface area contributed by atoms with Crippen LogP contribution >= 0.6 is 15.9 Å². The Morgan fingerprint density at radius 2 is 2.35 bits per heavy atom. The molecule has 0 radical (unpaired) electrons. The number of likely N-dealkylation sites (tertiary alicyclic amines) is 1. The first-order valence-electron chi connectivity index (χ1n) is 5.85. The molecule has 0 amide bonds. The van der Waals surface area contributed by atoms with Gasteiger partial charge in [-0.1, -0.05) is 28.1 Å². The lowest BCUT2D eigenvalue weighted by atomic mass is 9.98. The summed E-state index contributed by atoms with van der Waals surface area (Å²) in [5.41, 5.74) is 1.23. The Morgan fingerprint density at radius 1 is 1.53 bits per heavy atom. The van der Waals surface area contributed by atoms with Gasteiger partial charge >= 0.3 is 5.97 Å². The van der Waals surface area contributed by atoms with Gasteiger partial charge in [0.1, 0.15) is 0 Å². The van der Waals surface area contributed by atoms with Gasteiger partial charge < -0.3 is 5.11 Å². The predicted octanol–water partition coefficient (Wildman–Crippen LogP) is 2.75. The van der Waals surface area contributed by atoms with Crippen molar-refractivity contribution in [2.24, 2.45) is 5.92 Å². The van der Waals surface area contributed by atoms with Gasteiger partial charge in [0.25, 0.3) is 0 Å². The molecule has 1 aliphatic rings. The van der Waals surface area contributed by atoms with Gasteiger partial charge in [-0.2, -0.15) is 0 Å². The number of halogens is 1. The Bertz CT molecular complexity index is 408. The zero-order valence-corrected chi connectivity index (χ0v) is 11.2. The highest BCUT2D eigenvalue weighted by atomic mass is 79.9.